The average molecular weight is 232 g/mol. The standard InChI is InChI=1S/C13H25N.ClH/c14-13(11-7-3-1-4-8-11)12-9-5-2-6-10-12;/h11-13H,1-10,14H2;1H. The molecule has 0 amide bonds. The molecule has 2 fully saturated rings. The molecule has 2 N–H and O–H groups in total. The molecule has 1 nitrogen and oxygen atoms in total. The molecule has 2 rings (SSSR count). The second-order valence-corrected chi connectivity index (χ2v) is 5.37. The van der Waals surface area contributed by atoms with E-state index < -0.39 is 0 Å². The maximum absolute atomic E-state index is 6.42. The van der Waals surface area contributed by atoms with Crippen LogP contribution in [0.4, 0.5) is 0 Å². The second-order valence-electron chi connectivity index (χ2n) is 5.37. The molecule has 0 aromatic carbocycles. The van der Waals surface area contributed by atoms with Crippen molar-refractivity contribution in [2.75, 3.05) is 0 Å². The molecule has 0 saturated heterocycles. The van der Waals surface area contributed by atoms with Crippen molar-refractivity contribution in [1.82, 2.24) is 0 Å². The lowest BCUT2D eigenvalue weighted by atomic mass is 9.74. The molecule has 2 aliphatic rings. The van der Waals surface area contributed by atoms with Crippen LogP contribution in [0.15, 0.2) is 0 Å². The fourth-order valence-corrected chi connectivity index (χ4v) is 3.42. The van der Waals surface area contributed by atoms with Crippen molar-refractivity contribution in [3.8, 4) is 0 Å². The van der Waals surface area contributed by atoms with Gasteiger partial charge in [0.15, 0.2) is 0 Å². The van der Waals surface area contributed by atoms with Crippen LogP contribution < -0.4 is 5.73 Å². The Morgan fingerprint density at radius 2 is 1.00 bits per heavy atom. The molecule has 0 aliphatic heterocycles. The van der Waals surface area contributed by atoms with E-state index in [1.807, 2.05) is 0 Å². The zero-order valence-electron chi connectivity index (χ0n) is 9.79. The highest BCUT2D eigenvalue weighted by Crippen LogP contribution is 2.34. The Hall–Kier alpha value is 0.250. The highest BCUT2D eigenvalue weighted by Gasteiger charge is 2.28. The van der Waals surface area contributed by atoms with Crippen LogP contribution in [0.1, 0.15) is 64.2 Å². The maximum atomic E-state index is 6.42. The van der Waals surface area contributed by atoms with Gasteiger partial charge in [0, 0.05) is 6.04 Å². The number of halogens is 1. The number of rotatable bonds is 2. The molecule has 0 aromatic heterocycles. The molecule has 0 atom stereocenters. The fourth-order valence-electron chi connectivity index (χ4n) is 3.42. The molecule has 0 unspecified atom stereocenters. The number of nitrogens with two attached hydrogens (primary N) is 1. The van der Waals surface area contributed by atoms with Gasteiger partial charge in [0.05, 0.1) is 0 Å². The first kappa shape index (κ1) is 13.3. The second kappa shape index (κ2) is 6.75. The predicted octanol–water partition coefficient (Wildman–Crippen LogP) is 3.90. The van der Waals surface area contributed by atoms with Gasteiger partial charge in [0.25, 0.3) is 0 Å². The molecule has 2 aliphatic carbocycles. The van der Waals surface area contributed by atoms with Crippen molar-refractivity contribution in [2.24, 2.45) is 17.6 Å². The Morgan fingerprint density at radius 1 is 0.667 bits per heavy atom. The van der Waals surface area contributed by atoms with Gasteiger partial charge in [-0.05, 0) is 37.5 Å². The van der Waals surface area contributed by atoms with Gasteiger partial charge in [0.2, 0.25) is 0 Å². The molecule has 0 spiro atoms. The molecule has 2 saturated carbocycles. The van der Waals surface area contributed by atoms with Crippen LogP contribution >= 0.6 is 12.4 Å². The highest BCUT2D eigenvalue weighted by atomic mass is 35.5. The van der Waals surface area contributed by atoms with Crippen molar-refractivity contribution in [1.29, 1.82) is 0 Å². The van der Waals surface area contributed by atoms with Crippen molar-refractivity contribution in [3.05, 3.63) is 0 Å². The highest BCUT2D eigenvalue weighted by molar-refractivity contribution is 5.85. The van der Waals surface area contributed by atoms with E-state index in [9.17, 15) is 0 Å². The molecular formula is C13H26ClN. The Balaban J connectivity index is 0.00000112. The Morgan fingerprint density at radius 3 is 1.33 bits per heavy atom. The van der Waals surface area contributed by atoms with E-state index >= 15 is 0 Å². The molecule has 0 radical (unpaired) electrons. The molecule has 0 bridgehead atoms. The summed E-state index contributed by atoms with van der Waals surface area (Å²) in [5.41, 5.74) is 6.42. The average Bonchev–Trinajstić information content (AvgIpc) is 2.30. The van der Waals surface area contributed by atoms with Gasteiger partial charge in [-0.3, -0.25) is 0 Å². The van der Waals surface area contributed by atoms with E-state index in [2.05, 4.69) is 0 Å². The van der Waals surface area contributed by atoms with E-state index in [1.54, 1.807) is 0 Å². The van der Waals surface area contributed by atoms with Crippen molar-refractivity contribution in [2.45, 2.75) is 70.3 Å². The first-order valence-electron chi connectivity index (χ1n) is 6.63. The van der Waals surface area contributed by atoms with E-state index in [0.717, 1.165) is 11.8 Å². The first-order chi connectivity index (χ1) is 6.88. The minimum atomic E-state index is 0. The fraction of sp³-hybridized carbons (Fsp3) is 1.00. The van der Waals surface area contributed by atoms with Gasteiger partial charge in [-0.1, -0.05) is 38.5 Å². The minimum absolute atomic E-state index is 0. The summed E-state index contributed by atoms with van der Waals surface area (Å²) in [6, 6.07) is 0.538. The van der Waals surface area contributed by atoms with Gasteiger partial charge >= 0.3 is 0 Å². The van der Waals surface area contributed by atoms with Crippen LogP contribution in [0, 0.1) is 11.8 Å². The summed E-state index contributed by atoms with van der Waals surface area (Å²) in [7, 11) is 0. The summed E-state index contributed by atoms with van der Waals surface area (Å²) in [5.74, 6) is 1.73. The van der Waals surface area contributed by atoms with Crippen LogP contribution in [-0.2, 0) is 0 Å². The van der Waals surface area contributed by atoms with E-state index in [-0.39, 0.29) is 12.4 Å². The van der Waals surface area contributed by atoms with E-state index in [4.69, 9.17) is 5.73 Å². The smallest absolute Gasteiger partial charge is 0.00956 e. The molecular weight excluding hydrogens is 206 g/mol. The van der Waals surface area contributed by atoms with Crippen molar-refractivity contribution < 1.29 is 0 Å². The Labute approximate surface area is 101 Å². The Kier molecular flexibility index (Phi) is 5.99. The van der Waals surface area contributed by atoms with E-state index in [0.29, 0.717) is 6.04 Å². The molecule has 0 heterocycles. The largest absolute Gasteiger partial charge is 0.327 e. The zero-order valence-corrected chi connectivity index (χ0v) is 10.6. The summed E-state index contributed by atoms with van der Waals surface area (Å²) in [4.78, 5) is 0. The van der Waals surface area contributed by atoms with Gasteiger partial charge in [-0.2, -0.15) is 0 Å². The normalized spacial score (nSPS) is 25.2. The molecule has 0 aromatic rings. The first-order valence-corrected chi connectivity index (χ1v) is 6.63. The molecule has 2 heteroatoms. The lowest BCUT2D eigenvalue weighted by molar-refractivity contribution is 0.205. The van der Waals surface area contributed by atoms with E-state index in [1.165, 1.54) is 64.2 Å². The van der Waals surface area contributed by atoms with Crippen molar-refractivity contribution >= 4 is 12.4 Å². The monoisotopic (exact) mass is 231 g/mol. The van der Waals surface area contributed by atoms with Crippen LogP contribution in [0.3, 0.4) is 0 Å². The summed E-state index contributed by atoms with van der Waals surface area (Å²) >= 11 is 0. The lowest BCUT2D eigenvalue weighted by Gasteiger charge is -2.35. The van der Waals surface area contributed by atoms with Crippen molar-refractivity contribution in [3.63, 3.8) is 0 Å². The summed E-state index contributed by atoms with van der Waals surface area (Å²) < 4.78 is 0. The maximum Gasteiger partial charge on any atom is 0.00956 e. The topological polar surface area (TPSA) is 26.0 Å². The quantitative estimate of drug-likeness (QED) is 0.767. The molecule has 90 valence electrons. The van der Waals surface area contributed by atoms with Crippen LogP contribution in [0.5, 0.6) is 0 Å². The van der Waals surface area contributed by atoms with Gasteiger partial charge in [-0.25, -0.2) is 0 Å². The van der Waals surface area contributed by atoms with Crippen LogP contribution in [0.2, 0.25) is 0 Å². The molecule has 15 heavy (non-hydrogen) atoms. The zero-order chi connectivity index (χ0) is 9.80. The van der Waals surface area contributed by atoms with Crippen LogP contribution in [-0.4, -0.2) is 6.04 Å². The SMILES string of the molecule is Cl.NC(C1CCCCC1)C1CCCCC1. The summed E-state index contributed by atoms with van der Waals surface area (Å²) in [5, 5.41) is 0. The third kappa shape index (κ3) is 3.64. The number of hydrogen-bond donors (Lipinski definition) is 1. The lowest BCUT2D eigenvalue weighted by Crippen LogP contribution is -2.39. The predicted molar refractivity (Wildman–Crippen MR) is 68.4 cm³/mol. The number of hydrogen-bond acceptors (Lipinski definition) is 1. The minimum Gasteiger partial charge on any atom is -0.327 e. The van der Waals surface area contributed by atoms with Gasteiger partial charge < -0.3 is 5.73 Å². The Bertz CT molecular complexity index is 142. The van der Waals surface area contributed by atoms with Gasteiger partial charge in [-0.15, -0.1) is 12.4 Å². The third-order valence-corrected chi connectivity index (χ3v) is 4.39. The summed E-state index contributed by atoms with van der Waals surface area (Å²) in [6.45, 7) is 0. The van der Waals surface area contributed by atoms with Gasteiger partial charge in [0.1, 0.15) is 0 Å². The third-order valence-electron chi connectivity index (χ3n) is 4.39. The van der Waals surface area contributed by atoms with Crippen LogP contribution in [0.25, 0.3) is 0 Å². The summed E-state index contributed by atoms with van der Waals surface area (Å²) in [6.07, 6.45) is 14.3.